The molecule has 7 nitrogen and oxygen atoms in total. The van der Waals surface area contributed by atoms with Crippen molar-refractivity contribution in [1.29, 1.82) is 0 Å². The summed E-state index contributed by atoms with van der Waals surface area (Å²) in [4.78, 5) is 4.23. The summed E-state index contributed by atoms with van der Waals surface area (Å²) in [5.41, 5.74) is 2.51. The lowest BCUT2D eigenvalue weighted by Crippen LogP contribution is -2.59. The fourth-order valence-electron chi connectivity index (χ4n) is 4.43. The molecule has 1 aromatic heterocycles. The van der Waals surface area contributed by atoms with Gasteiger partial charge < -0.3 is 4.74 Å². The minimum atomic E-state index is -3.20. The van der Waals surface area contributed by atoms with Crippen LogP contribution in [0.3, 0.4) is 0 Å². The number of hydrazone groups is 1. The first-order chi connectivity index (χ1) is 13.5. The van der Waals surface area contributed by atoms with E-state index in [9.17, 15) is 8.42 Å². The number of sulfonamides is 1. The van der Waals surface area contributed by atoms with Crippen LogP contribution in [0.4, 0.5) is 0 Å². The number of ether oxygens (including phenoxy) is 1. The molecule has 1 fully saturated rings. The van der Waals surface area contributed by atoms with Crippen LogP contribution >= 0.6 is 0 Å². The van der Waals surface area contributed by atoms with Crippen molar-refractivity contribution in [2.45, 2.75) is 31.0 Å². The van der Waals surface area contributed by atoms with Gasteiger partial charge in [-0.05, 0) is 12.1 Å². The van der Waals surface area contributed by atoms with Gasteiger partial charge >= 0.3 is 0 Å². The molecular formula is C20H22N4O3S. The van der Waals surface area contributed by atoms with E-state index in [2.05, 4.69) is 16.1 Å². The molecule has 1 unspecified atom stereocenters. The number of piperidine rings is 1. The average Bonchev–Trinajstić information content (AvgIpc) is 3.15. The van der Waals surface area contributed by atoms with E-state index in [0.717, 1.165) is 29.0 Å². The zero-order chi connectivity index (χ0) is 19.4. The molecule has 4 heterocycles. The number of nitrogens with zero attached hydrogens (tertiary/aromatic N) is 4. The second-order valence-corrected chi connectivity index (χ2v) is 9.58. The molecule has 1 saturated heterocycles. The fraction of sp³-hybridized carbons (Fsp3) is 0.400. The topological polar surface area (TPSA) is 75.1 Å². The zero-order valence-corrected chi connectivity index (χ0v) is 16.5. The van der Waals surface area contributed by atoms with Gasteiger partial charge in [0, 0.05) is 55.9 Å². The molecule has 1 atom stereocenters. The third-order valence-corrected chi connectivity index (χ3v) is 7.18. The molecular weight excluding hydrogens is 376 g/mol. The Balaban J connectivity index is 1.54. The third kappa shape index (κ3) is 2.79. The summed E-state index contributed by atoms with van der Waals surface area (Å²) in [7, 11) is -3.20. The Bertz CT molecular complexity index is 1030. The molecule has 0 saturated carbocycles. The van der Waals surface area contributed by atoms with Crippen LogP contribution in [0.25, 0.3) is 0 Å². The molecule has 0 bridgehead atoms. The fourth-order valence-corrected chi connectivity index (χ4v) is 5.28. The number of hydrogen-bond acceptors (Lipinski definition) is 6. The normalized spacial score (nSPS) is 23.7. The minimum absolute atomic E-state index is 0.0879. The van der Waals surface area contributed by atoms with Crippen LogP contribution in [-0.4, -0.2) is 53.5 Å². The van der Waals surface area contributed by atoms with Crippen LogP contribution in [0.15, 0.2) is 53.9 Å². The van der Waals surface area contributed by atoms with Crippen LogP contribution in [0.1, 0.15) is 36.4 Å². The van der Waals surface area contributed by atoms with Gasteiger partial charge in [0.2, 0.25) is 15.7 Å². The molecule has 0 N–H and O–H groups in total. The second-order valence-electron chi connectivity index (χ2n) is 7.60. The summed E-state index contributed by atoms with van der Waals surface area (Å²) in [5.74, 6) is 0.874. The van der Waals surface area contributed by atoms with Crippen LogP contribution in [0.5, 0.6) is 5.75 Å². The van der Waals surface area contributed by atoms with Crippen molar-refractivity contribution in [3.8, 4) is 5.75 Å². The Morgan fingerprint density at radius 2 is 1.93 bits per heavy atom. The number of pyridine rings is 1. The predicted octanol–water partition coefficient (Wildman–Crippen LogP) is 2.38. The van der Waals surface area contributed by atoms with Gasteiger partial charge in [0.15, 0.2) is 0 Å². The number of rotatable bonds is 2. The smallest absolute Gasteiger partial charge is 0.211 e. The van der Waals surface area contributed by atoms with Gasteiger partial charge in [0.05, 0.1) is 18.0 Å². The van der Waals surface area contributed by atoms with Crippen molar-refractivity contribution >= 4 is 15.7 Å². The maximum absolute atomic E-state index is 12.0. The molecule has 2 aromatic rings. The molecule has 0 radical (unpaired) electrons. The molecule has 0 aliphatic carbocycles. The number of para-hydroxylation sites is 1. The highest BCUT2D eigenvalue weighted by Crippen LogP contribution is 2.49. The lowest BCUT2D eigenvalue weighted by Gasteiger charge is -2.50. The Morgan fingerprint density at radius 1 is 1.14 bits per heavy atom. The molecule has 3 aliphatic heterocycles. The van der Waals surface area contributed by atoms with Gasteiger partial charge in [-0.1, -0.05) is 24.3 Å². The van der Waals surface area contributed by atoms with Crippen molar-refractivity contribution in [3.05, 3.63) is 59.9 Å². The number of hydrogen-bond donors (Lipinski definition) is 0. The molecule has 0 amide bonds. The first kappa shape index (κ1) is 17.6. The van der Waals surface area contributed by atoms with Crippen LogP contribution in [-0.2, 0) is 10.0 Å². The second kappa shape index (κ2) is 6.28. The van der Waals surface area contributed by atoms with Gasteiger partial charge in [-0.25, -0.2) is 17.7 Å². The molecule has 146 valence electrons. The van der Waals surface area contributed by atoms with E-state index in [1.54, 1.807) is 6.20 Å². The first-order valence-corrected chi connectivity index (χ1v) is 11.3. The van der Waals surface area contributed by atoms with E-state index in [1.165, 1.54) is 10.6 Å². The molecule has 1 spiro atoms. The van der Waals surface area contributed by atoms with Crippen molar-refractivity contribution in [1.82, 2.24) is 14.3 Å². The van der Waals surface area contributed by atoms with Crippen molar-refractivity contribution in [2.75, 3.05) is 19.3 Å². The molecule has 3 aliphatic rings. The van der Waals surface area contributed by atoms with Gasteiger partial charge in [-0.15, -0.1) is 0 Å². The van der Waals surface area contributed by atoms with Crippen molar-refractivity contribution in [2.24, 2.45) is 5.10 Å². The molecule has 28 heavy (non-hydrogen) atoms. The monoisotopic (exact) mass is 398 g/mol. The summed E-state index contributed by atoms with van der Waals surface area (Å²) in [6.45, 7) is 0.865. The molecule has 8 heteroatoms. The number of benzene rings is 1. The summed E-state index contributed by atoms with van der Waals surface area (Å²) >= 11 is 0. The van der Waals surface area contributed by atoms with E-state index < -0.39 is 15.7 Å². The SMILES string of the molecule is CS(=O)(=O)N1CCC2(CC1)Oc1ccccc1C1CC(c3cccnc3)=NN12. The summed E-state index contributed by atoms with van der Waals surface area (Å²) < 4.78 is 31.9. The lowest BCUT2D eigenvalue weighted by molar-refractivity contribution is -0.143. The Labute approximate surface area is 164 Å². The molecule has 1 aromatic carbocycles. The Kier molecular flexibility index (Phi) is 3.96. The quantitative estimate of drug-likeness (QED) is 0.776. The first-order valence-electron chi connectivity index (χ1n) is 9.47. The molecule has 5 rings (SSSR count). The van der Waals surface area contributed by atoms with E-state index in [1.807, 2.05) is 36.5 Å². The largest absolute Gasteiger partial charge is 0.466 e. The maximum atomic E-state index is 12.0. The van der Waals surface area contributed by atoms with Crippen molar-refractivity contribution < 1.29 is 13.2 Å². The standard InChI is InChI=1S/C20H22N4O3S/c1-28(25,26)23-11-8-20(9-12-23)24-18(16-6-2-3-7-19(16)27-20)13-17(22-24)15-5-4-10-21-14-15/h2-7,10,14,18H,8-9,11-13H2,1H3. The summed E-state index contributed by atoms with van der Waals surface area (Å²) in [5, 5.41) is 7.04. The highest BCUT2D eigenvalue weighted by molar-refractivity contribution is 7.88. The summed E-state index contributed by atoms with van der Waals surface area (Å²) in [6, 6.07) is 12.1. The van der Waals surface area contributed by atoms with Crippen LogP contribution in [0, 0.1) is 0 Å². The van der Waals surface area contributed by atoms with E-state index in [-0.39, 0.29) is 6.04 Å². The lowest BCUT2D eigenvalue weighted by atomic mass is 9.91. The van der Waals surface area contributed by atoms with Crippen molar-refractivity contribution in [3.63, 3.8) is 0 Å². The number of fused-ring (bicyclic) bond motifs is 4. The zero-order valence-electron chi connectivity index (χ0n) is 15.7. The van der Waals surface area contributed by atoms with Crippen LogP contribution in [0.2, 0.25) is 0 Å². The Hall–Kier alpha value is -2.45. The van der Waals surface area contributed by atoms with Gasteiger partial charge in [0.1, 0.15) is 5.75 Å². The van der Waals surface area contributed by atoms with E-state index in [0.29, 0.717) is 25.9 Å². The highest BCUT2D eigenvalue weighted by atomic mass is 32.2. The summed E-state index contributed by atoms with van der Waals surface area (Å²) in [6.07, 6.45) is 6.79. The van der Waals surface area contributed by atoms with E-state index >= 15 is 0 Å². The predicted molar refractivity (Wildman–Crippen MR) is 105 cm³/mol. The maximum Gasteiger partial charge on any atom is 0.211 e. The van der Waals surface area contributed by atoms with E-state index in [4.69, 9.17) is 9.84 Å². The van der Waals surface area contributed by atoms with Crippen LogP contribution < -0.4 is 4.74 Å². The van der Waals surface area contributed by atoms with Gasteiger partial charge in [-0.3, -0.25) is 4.98 Å². The highest BCUT2D eigenvalue weighted by Gasteiger charge is 2.52. The third-order valence-electron chi connectivity index (χ3n) is 5.87. The Morgan fingerprint density at radius 3 is 2.64 bits per heavy atom. The minimum Gasteiger partial charge on any atom is -0.466 e. The van der Waals surface area contributed by atoms with Gasteiger partial charge in [0.25, 0.3) is 0 Å². The number of aromatic nitrogens is 1. The van der Waals surface area contributed by atoms with Gasteiger partial charge in [-0.2, -0.15) is 5.10 Å². The average molecular weight is 398 g/mol.